The molecule has 2 fully saturated rings. The summed E-state index contributed by atoms with van der Waals surface area (Å²) in [4.78, 5) is 24.0. The van der Waals surface area contributed by atoms with Crippen molar-refractivity contribution in [2.75, 3.05) is 13.1 Å². The van der Waals surface area contributed by atoms with E-state index in [4.69, 9.17) is 0 Å². The second-order valence-corrected chi connectivity index (χ2v) is 8.58. The Hall–Kier alpha value is -1.66. The van der Waals surface area contributed by atoms with E-state index in [9.17, 15) is 4.79 Å². The monoisotopic (exact) mass is 372 g/mol. The van der Waals surface area contributed by atoms with Gasteiger partial charge in [-0.05, 0) is 50.2 Å². The molecule has 0 bridgehead atoms. The molecule has 0 atom stereocenters. The van der Waals surface area contributed by atoms with Crippen molar-refractivity contribution in [2.45, 2.75) is 57.5 Å². The van der Waals surface area contributed by atoms with Crippen molar-refractivity contribution in [3.05, 3.63) is 29.4 Å². The van der Waals surface area contributed by atoms with Gasteiger partial charge in [0.15, 0.2) is 0 Å². The summed E-state index contributed by atoms with van der Waals surface area (Å²) < 4.78 is 0. The van der Waals surface area contributed by atoms with E-state index in [1.54, 1.807) is 11.3 Å². The molecule has 140 valence electrons. The summed E-state index contributed by atoms with van der Waals surface area (Å²) >= 11 is 1.70. The molecule has 0 aromatic carbocycles. The lowest BCUT2D eigenvalue weighted by Crippen LogP contribution is -2.44. The first kappa shape index (κ1) is 17.7. The summed E-state index contributed by atoms with van der Waals surface area (Å²) in [5.74, 6) is 1.44. The van der Waals surface area contributed by atoms with Crippen molar-refractivity contribution in [2.24, 2.45) is 5.92 Å². The Balaban J connectivity index is 1.24. The second kappa shape index (κ2) is 8.35. The number of nitrogens with one attached hydrogen (secondary N) is 2. The van der Waals surface area contributed by atoms with Crippen molar-refractivity contribution < 1.29 is 4.79 Å². The maximum atomic E-state index is 12.5. The zero-order valence-electron chi connectivity index (χ0n) is 15.2. The SMILES string of the molecule is O=C(NC1CCCCC1)C1CCN(Cc2cnc(-c3cccs3)[nH]2)CC1. The molecule has 5 nitrogen and oxygen atoms in total. The Labute approximate surface area is 159 Å². The number of likely N-dealkylation sites (tertiary alicyclic amines) is 1. The van der Waals surface area contributed by atoms with E-state index in [2.05, 4.69) is 31.6 Å². The Kier molecular flexibility index (Phi) is 5.70. The quantitative estimate of drug-likeness (QED) is 0.839. The lowest BCUT2D eigenvalue weighted by molar-refractivity contribution is -0.127. The van der Waals surface area contributed by atoms with Crippen molar-refractivity contribution >= 4 is 17.2 Å². The summed E-state index contributed by atoms with van der Waals surface area (Å²) in [5.41, 5.74) is 1.15. The molecule has 1 amide bonds. The number of amides is 1. The highest BCUT2D eigenvalue weighted by Gasteiger charge is 2.27. The van der Waals surface area contributed by atoms with Gasteiger partial charge in [-0.1, -0.05) is 25.3 Å². The largest absolute Gasteiger partial charge is 0.353 e. The molecule has 2 aromatic heterocycles. The number of thiophene rings is 1. The molecule has 1 saturated carbocycles. The van der Waals surface area contributed by atoms with Crippen LogP contribution in [0.2, 0.25) is 0 Å². The molecule has 4 rings (SSSR count). The molecular weight excluding hydrogens is 344 g/mol. The number of rotatable bonds is 5. The standard InChI is InChI=1S/C20H28N4OS/c25-20(23-16-5-2-1-3-6-16)15-8-10-24(11-9-15)14-17-13-21-19(22-17)18-7-4-12-26-18/h4,7,12-13,15-16H,1-3,5-6,8-11,14H2,(H,21,22)(H,23,25). The van der Waals surface area contributed by atoms with Crippen molar-refractivity contribution in [3.8, 4) is 10.7 Å². The van der Waals surface area contributed by atoms with E-state index in [0.29, 0.717) is 6.04 Å². The number of hydrogen-bond acceptors (Lipinski definition) is 4. The van der Waals surface area contributed by atoms with Crippen LogP contribution in [-0.2, 0) is 11.3 Å². The Morgan fingerprint density at radius 3 is 2.77 bits per heavy atom. The molecular formula is C20H28N4OS. The third kappa shape index (κ3) is 4.35. The Morgan fingerprint density at radius 1 is 1.23 bits per heavy atom. The molecule has 2 aromatic rings. The number of carbonyl (C=O) groups is 1. The summed E-state index contributed by atoms with van der Waals surface area (Å²) in [6.07, 6.45) is 10.1. The first-order valence-electron chi connectivity index (χ1n) is 9.88. The second-order valence-electron chi connectivity index (χ2n) is 7.63. The van der Waals surface area contributed by atoms with Crippen molar-refractivity contribution in [3.63, 3.8) is 0 Å². The molecule has 1 saturated heterocycles. The molecule has 2 aliphatic rings. The molecule has 0 spiro atoms. The number of H-pyrrole nitrogens is 1. The minimum absolute atomic E-state index is 0.191. The predicted octanol–water partition coefficient (Wildman–Crippen LogP) is 3.80. The normalized spacial score (nSPS) is 20.3. The van der Waals surface area contributed by atoms with E-state index in [0.717, 1.165) is 56.8 Å². The third-order valence-electron chi connectivity index (χ3n) is 5.69. The Morgan fingerprint density at radius 2 is 2.04 bits per heavy atom. The van der Waals surface area contributed by atoms with Crippen molar-refractivity contribution in [1.82, 2.24) is 20.2 Å². The third-order valence-corrected chi connectivity index (χ3v) is 6.56. The van der Waals surface area contributed by atoms with E-state index in [-0.39, 0.29) is 11.8 Å². The van der Waals surface area contributed by atoms with E-state index in [1.807, 2.05) is 12.3 Å². The lowest BCUT2D eigenvalue weighted by atomic mass is 9.92. The van der Waals surface area contributed by atoms with Crippen molar-refractivity contribution in [1.29, 1.82) is 0 Å². The van der Waals surface area contributed by atoms with Gasteiger partial charge < -0.3 is 10.3 Å². The van der Waals surface area contributed by atoms with Crippen LogP contribution in [0.3, 0.4) is 0 Å². The molecule has 26 heavy (non-hydrogen) atoms. The minimum Gasteiger partial charge on any atom is -0.353 e. The number of aromatic nitrogens is 2. The average molecular weight is 373 g/mol. The maximum absolute atomic E-state index is 12.5. The zero-order valence-corrected chi connectivity index (χ0v) is 16.1. The minimum atomic E-state index is 0.191. The number of aromatic amines is 1. The van der Waals surface area contributed by atoms with Crippen LogP contribution in [0.15, 0.2) is 23.7 Å². The van der Waals surface area contributed by atoms with Gasteiger partial charge in [-0.15, -0.1) is 11.3 Å². The van der Waals surface area contributed by atoms with Crippen LogP contribution >= 0.6 is 11.3 Å². The molecule has 3 heterocycles. The highest BCUT2D eigenvalue weighted by atomic mass is 32.1. The first-order chi connectivity index (χ1) is 12.8. The predicted molar refractivity (Wildman–Crippen MR) is 105 cm³/mol. The number of hydrogen-bond donors (Lipinski definition) is 2. The number of piperidine rings is 1. The van der Waals surface area contributed by atoms with E-state index in [1.165, 1.54) is 24.1 Å². The van der Waals surface area contributed by atoms with Gasteiger partial charge in [0, 0.05) is 30.4 Å². The molecule has 2 N–H and O–H groups in total. The van der Waals surface area contributed by atoms with Crippen LogP contribution in [-0.4, -0.2) is 39.9 Å². The fraction of sp³-hybridized carbons (Fsp3) is 0.600. The summed E-state index contributed by atoms with van der Waals surface area (Å²) in [6, 6.07) is 4.56. The van der Waals surface area contributed by atoms with Crippen LogP contribution < -0.4 is 5.32 Å². The van der Waals surface area contributed by atoms with Gasteiger partial charge >= 0.3 is 0 Å². The van der Waals surface area contributed by atoms with Gasteiger partial charge in [0.05, 0.1) is 4.88 Å². The highest BCUT2D eigenvalue weighted by molar-refractivity contribution is 7.13. The first-order valence-corrected chi connectivity index (χ1v) is 10.8. The summed E-state index contributed by atoms with van der Waals surface area (Å²) in [7, 11) is 0. The molecule has 0 unspecified atom stereocenters. The fourth-order valence-corrected chi connectivity index (χ4v) is 4.81. The van der Waals surface area contributed by atoms with E-state index < -0.39 is 0 Å². The number of imidazole rings is 1. The summed E-state index contributed by atoms with van der Waals surface area (Å²) in [5, 5.41) is 5.37. The molecule has 1 aliphatic heterocycles. The number of nitrogens with zero attached hydrogens (tertiary/aromatic N) is 2. The van der Waals surface area contributed by atoms with Gasteiger partial charge in [-0.3, -0.25) is 9.69 Å². The van der Waals surface area contributed by atoms with Crippen LogP contribution in [0.1, 0.15) is 50.6 Å². The van der Waals surface area contributed by atoms with E-state index >= 15 is 0 Å². The molecule has 1 aliphatic carbocycles. The van der Waals surface area contributed by atoms with Gasteiger partial charge in [-0.2, -0.15) is 0 Å². The summed E-state index contributed by atoms with van der Waals surface area (Å²) in [6.45, 7) is 2.85. The van der Waals surface area contributed by atoms with Gasteiger partial charge in [-0.25, -0.2) is 4.98 Å². The highest BCUT2D eigenvalue weighted by Crippen LogP contribution is 2.24. The van der Waals surface area contributed by atoms with Crippen LogP contribution in [0.4, 0.5) is 0 Å². The Bertz CT molecular complexity index is 697. The average Bonchev–Trinajstić information content (AvgIpc) is 3.35. The van der Waals surface area contributed by atoms with Crippen LogP contribution in [0.25, 0.3) is 10.7 Å². The number of carbonyl (C=O) groups excluding carboxylic acids is 1. The van der Waals surface area contributed by atoms with Gasteiger partial charge in [0.2, 0.25) is 5.91 Å². The lowest BCUT2D eigenvalue weighted by Gasteiger charge is -2.32. The zero-order chi connectivity index (χ0) is 17.8. The van der Waals surface area contributed by atoms with Gasteiger partial charge in [0.25, 0.3) is 0 Å². The van der Waals surface area contributed by atoms with Gasteiger partial charge in [0.1, 0.15) is 5.82 Å². The maximum Gasteiger partial charge on any atom is 0.223 e. The van der Waals surface area contributed by atoms with Crippen LogP contribution in [0, 0.1) is 5.92 Å². The molecule has 6 heteroatoms. The molecule has 0 radical (unpaired) electrons. The fourth-order valence-electron chi connectivity index (χ4n) is 4.14. The van der Waals surface area contributed by atoms with Crippen LogP contribution in [0.5, 0.6) is 0 Å². The topological polar surface area (TPSA) is 61.0 Å². The smallest absolute Gasteiger partial charge is 0.223 e.